The second-order valence-corrected chi connectivity index (χ2v) is 20.6. The molecule has 14 aromatic rings. The van der Waals surface area contributed by atoms with Crippen LogP contribution in [0.15, 0.2) is 346 Å². The van der Waals surface area contributed by atoms with E-state index in [1.165, 1.54) is 10.8 Å². The summed E-state index contributed by atoms with van der Waals surface area (Å²) in [5.74, 6) is 0. The van der Waals surface area contributed by atoms with Crippen LogP contribution in [0.25, 0.3) is 49.7 Å². The summed E-state index contributed by atoms with van der Waals surface area (Å²) in [6, 6.07) is 124. The molecule has 1 heterocycles. The largest absolute Gasteiger partial charge is 0.310 e. The van der Waals surface area contributed by atoms with Crippen LogP contribution in [0, 0.1) is 0 Å². The molecular formula is C78H57N5. The molecule has 0 bridgehead atoms. The van der Waals surface area contributed by atoms with Crippen LogP contribution >= 0.6 is 0 Å². The third-order valence-electron chi connectivity index (χ3n) is 15.4. The lowest BCUT2D eigenvalue weighted by atomic mass is 9.99. The van der Waals surface area contributed by atoms with Crippen molar-refractivity contribution in [2.24, 2.45) is 0 Å². The van der Waals surface area contributed by atoms with E-state index in [0.717, 1.165) is 107 Å². The molecule has 0 N–H and O–H groups in total. The smallest absolute Gasteiger partial charge is 0.0541 e. The van der Waals surface area contributed by atoms with Gasteiger partial charge in [0.2, 0.25) is 0 Å². The van der Waals surface area contributed by atoms with E-state index in [1.807, 2.05) is 0 Å². The third kappa shape index (κ3) is 10.0. The van der Waals surface area contributed by atoms with Gasteiger partial charge in [0.25, 0.3) is 0 Å². The Balaban J connectivity index is 0.864. The number of benzene rings is 13. The monoisotopic (exact) mass is 1060 g/mol. The first-order valence-corrected chi connectivity index (χ1v) is 28.2. The zero-order valence-corrected chi connectivity index (χ0v) is 45.6. The van der Waals surface area contributed by atoms with Crippen LogP contribution in [-0.2, 0) is 0 Å². The van der Waals surface area contributed by atoms with Crippen LogP contribution < -0.4 is 19.6 Å². The highest BCUT2D eigenvalue weighted by molar-refractivity contribution is 6.12. The van der Waals surface area contributed by atoms with Crippen molar-refractivity contribution >= 4 is 90.1 Å². The van der Waals surface area contributed by atoms with Crippen molar-refractivity contribution in [2.75, 3.05) is 19.6 Å². The molecular weight excluding hydrogens is 1010 g/mol. The number of nitrogens with zero attached hydrogens (tertiary/aromatic N) is 5. The summed E-state index contributed by atoms with van der Waals surface area (Å²) in [6.07, 6.45) is 0. The van der Waals surface area contributed by atoms with Crippen molar-refractivity contribution in [3.8, 4) is 27.9 Å². The first-order valence-electron chi connectivity index (χ1n) is 28.2. The molecule has 0 fully saturated rings. The van der Waals surface area contributed by atoms with Gasteiger partial charge in [-0.2, -0.15) is 0 Å². The van der Waals surface area contributed by atoms with E-state index in [-0.39, 0.29) is 0 Å². The second-order valence-electron chi connectivity index (χ2n) is 20.6. The molecule has 13 aromatic carbocycles. The molecule has 0 amide bonds. The summed E-state index contributed by atoms with van der Waals surface area (Å²) < 4.78 is 2.40. The summed E-state index contributed by atoms with van der Waals surface area (Å²) in [5, 5.41) is 2.37. The average molecular weight is 1060 g/mol. The third-order valence-corrected chi connectivity index (χ3v) is 15.4. The van der Waals surface area contributed by atoms with Gasteiger partial charge in [0.05, 0.1) is 11.0 Å². The lowest BCUT2D eigenvalue weighted by molar-refractivity contribution is 1.18. The molecule has 14 rings (SSSR count). The molecule has 0 aliphatic rings. The Morgan fingerprint density at radius 1 is 0.169 bits per heavy atom. The van der Waals surface area contributed by atoms with Crippen LogP contribution in [0.2, 0.25) is 0 Å². The Bertz CT molecular complexity index is 4150. The van der Waals surface area contributed by atoms with Crippen molar-refractivity contribution in [3.63, 3.8) is 0 Å². The summed E-state index contributed by atoms with van der Waals surface area (Å²) in [6.45, 7) is 0. The van der Waals surface area contributed by atoms with Gasteiger partial charge < -0.3 is 24.2 Å². The normalized spacial score (nSPS) is 11.1. The molecule has 0 spiro atoms. The van der Waals surface area contributed by atoms with E-state index >= 15 is 0 Å². The molecule has 0 aliphatic carbocycles. The van der Waals surface area contributed by atoms with E-state index in [2.05, 4.69) is 370 Å². The number of rotatable bonds is 15. The molecule has 5 heteroatoms. The summed E-state index contributed by atoms with van der Waals surface area (Å²) in [4.78, 5) is 9.36. The first-order chi connectivity index (χ1) is 41.2. The number of fused-ring (bicyclic) bond motifs is 3. The predicted octanol–water partition coefficient (Wildman–Crippen LogP) is 22.0. The van der Waals surface area contributed by atoms with Gasteiger partial charge in [-0.3, -0.25) is 0 Å². The van der Waals surface area contributed by atoms with Crippen LogP contribution in [0.1, 0.15) is 0 Å². The van der Waals surface area contributed by atoms with Crippen molar-refractivity contribution in [1.29, 1.82) is 0 Å². The van der Waals surface area contributed by atoms with Crippen molar-refractivity contribution < 1.29 is 0 Å². The molecule has 1 aromatic heterocycles. The quantitative estimate of drug-likeness (QED) is 0.102. The summed E-state index contributed by atoms with van der Waals surface area (Å²) >= 11 is 0. The molecule has 0 saturated carbocycles. The SMILES string of the molecule is c1ccc(N(c2ccccc2)c2cccc(N(c3ccccc3)c3cccc(-c4ccc5c(c4)c4cc(-c6cccc(N(c7ccccc7)c7cccc(N(c8ccccc8)c8ccccc8)c7)c6)ccc4n5-c4ccccc4)c3)c2)cc1. The molecule has 394 valence electrons. The van der Waals surface area contributed by atoms with Crippen molar-refractivity contribution in [3.05, 3.63) is 346 Å². The molecule has 0 saturated heterocycles. The fraction of sp³-hybridized carbons (Fsp3) is 0. The standard InChI is InChI=1S/C78H57N5/c1-8-28-62(29-9-1)79(63-30-10-2-11-31-63)71-44-24-46-73(56-71)81(66-36-16-5-17-37-66)69-42-22-26-58(52-69)60-48-50-77-75(54-60)76-55-61(49-51-78(76)83(77)68-40-20-7-21-41-68)59-27-23-43-70(53-59)82(67-38-18-6-19-39-67)74-47-25-45-72(57-74)80(64-32-12-3-13-33-64)65-34-14-4-15-35-65/h1-57H. The van der Waals surface area contributed by atoms with Crippen LogP contribution in [0.4, 0.5) is 68.2 Å². The summed E-state index contributed by atoms with van der Waals surface area (Å²) in [7, 11) is 0. The minimum absolute atomic E-state index is 1.05. The van der Waals surface area contributed by atoms with Gasteiger partial charge >= 0.3 is 0 Å². The summed E-state index contributed by atoms with van der Waals surface area (Å²) in [5.41, 5.74) is 20.8. The molecule has 5 nitrogen and oxygen atoms in total. The Hall–Kier alpha value is -11.1. The highest BCUT2D eigenvalue weighted by atomic mass is 15.2. The molecule has 83 heavy (non-hydrogen) atoms. The number of para-hydroxylation sites is 7. The van der Waals surface area contributed by atoms with Crippen molar-refractivity contribution in [2.45, 2.75) is 0 Å². The van der Waals surface area contributed by atoms with Gasteiger partial charge in [-0.15, -0.1) is 0 Å². The lowest BCUT2D eigenvalue weighted by Crippen LogP contribution is -2.13. The van der Waals surface area contributed by atoms with E-state index < -0.39 is 0 Å². The average Bonchev–Trinajstić information content (AvgIpc) is 4.10. The van der Waals surface area contributed by atoms with E-state index in [4.69, 9.17) is 0 Å². The molecule has 0 radical (unpaired) electrons. The van der Waals surface area contributed by atoms with E-state index in [0.29, 0.717) is 0 Å². The van der Waals surface area contributed by atoms with Crippen LogP contribution in [0.5, 0.6) is 0 Å². The predicted molar refractivity (Wildman–Crippen MR) is 350 cm³/mol. The van der Waals surface area contributed by atoms with Gasteiger partial charge in [0.1, 0.15) is 0 Å². The van der Waals surface area contributed by atoms with Gasteiger partial charge in [-0.1, -0.05) is 176 Å². The zero-order chi connectivity index (χ0) is 55.3. The van der Waals surface area contributed by atoms with Gasteiger partial charge in [0.15, 0.2) is 0 Å². The Kier molecular flexibility index (Phi) is 13.6. The van der Waals surface area contributed by atoms with Gasteiger partial charge in [0, 0.05) is 84.7 Å². The molecule has 0 atom stereocenters. The Morgan fingerprint density at radius 3 is 0.699 bits per heavy atom. The maximum atomic E-state index is 2.40. The maximum absolute atomic E-state index is 2.40. The second kappa shape index (κ2) is 22.5. The highest BCUT2D eigenvalue weighted by Gasteiger charge is 2.21. The number of hydrogen-bond donors (Lipinski definition) is 0. The van der Waals surface area contributed by atoms with Crippen molar-refractivity contribution in [1.82, 2.24) is 4.57 Å². The van der Waals surface area contributed by atoms with Gasteiger partial charge in [-0.25, -0.2) is 0 Å². The number of anilines is 12. The topological polar surface area (TPSA) is 17.9 Å². The fourth-order valence-corrected chi connectivity index (χ4v) is 11.7. The fourth-order valence-electron chi connectivity index (χ4n) is 11.7. The van der Waals surface area contributed by atoms with E-state index in [9.17, 15) is 0 Å². The lowest BCUT2D eigenvalue weighted by Gasteiger charge is -2.29. The number of aromatic nitrogens is 1. The highest BCUT2D eigenvalue weighted by Crippen LogP contribution is 2.45. The van der Waals surface area contributed by atoms with E-state index in [1.54, 1.807) is 0 Å². The Morgan fingerprint density at radius 2 is 0.398 bits per heavy atom. The Labute approximate surface area is 485 Å². The van der Waals surface area contributed by atoms with Gasteiger partial charge in [-0.05, 0) is 192 Å². The minimum Gasteiger partial charge on any atom is -0.310 e. The molecule has 0 unspecified atom stereocenters. The van der Waals surface area contributed by atoms with Crippen LogP contribution in [-0.4, -0.2) is 4.57 Å². The minimum atomic E-state index is 1.05. The zero-order valence-electron chi connectivity index (χ0n) is 45.6. The maximum Gasteiger partial charge on any atom is 0.0541 e. The first kappa shape index (κ1) is 50.1. The number of hydrogen-bond acceptors (Lipinski definition) is 4. The molecule has 0 aliphatic heterocycles. The van der Waals surface area contributed by atoms with Crippen LogP contribution in [0.3, 0.4) is 0 Å².